The van der Waals surface area contributed by atoms with Crippen LogP contribution >= 0.6 is 11.3 Å². The molecule has 1 fully saturated rings. The van der Waals surface area contributed by atoms with Crippen LogP contribution in [0.3, 0.4) is 0 Å². The Hall–Kier alpha value is -2.61. The van der Waals surface area contributed by atoms with Crippen molar-refractivity contribution in [3.8, 4) is 5.75 Å². The van der Waals surface area contributed by atoms with E-state index in [4.69, 9.17) is 4.74 Å². The molecular formula is C22H28N4O3S. The predicted molar refractivity (Wildman–Crippen MR) is 117 cm³/mol. The van der Waals surface area contributed by atoms with E-state index in [-0.39, 0.29) is 18.0 Å². The lowest BCUT2D eigenvalue weighted by atomic mass is 10.1. The zero-order valence-corrected chi connectivity index (χ0v) is 18.1. The number of hydrogen-bond acceptors (Lipinski definition) is 5. The van der Waals surface area contributed by atoms with Gasteiger partial charge in [0.15, 0.2) is 5.13 Å². The summed E-state index contributed by atoms with van der Waals surface area (Å²) in [6, 6.07) is 7.77. The third-order valence-electron chi connectivity index (χ3n) is 5.58. The van der Waals surface area contributed by atoms with E-state index in [2.05, 4.69) is 15.6 Å². The number of hydrogen-bond donors (Lipinski definition) is 2. The fourth-order valence-corrected chi connectivity index (χ4v) is 5.03. The van der Waals surface area contributed by atoms with E-state index in [0.29, 0.717) is 37.7 Å². The molecule has 0 unspecified atom stereocenters. The molecule has 30 heavy (non-hydrogen) atoms. The van der Waals surface area contributed by atoms with Crippen molar-refractivity contribution >= 4 is 28.4 Å². The molecule has 0 saturated heterocycles. The zero-order chi connectivity index (χ0) is 20.9. The maximum atomic E-state index is 12.8. The van der Waals surface area contributed by atoms with Crippen molar-refractivity contribution in [3.63, 3.8) is 0 Å². The smallest absolute Gasteiger partial charge is 0.321 e. The van der Waals surface area contributed by atoms with Crippen molar-refractivity contribution < 1.29 is 14.3 Å². The van der Waals surface area contributed by atoms with Crippen LogP contribution in [-0.4, -0.2) is 41.0 Å². The molecule has 8 heteroatoms. The Morgan fingerprint density at radius 1 is 1.23 bits per heavy atom. The molecule has 3 amide bonds. The second kappa shape index (κ2) is 9.47. The van der Waals surface area contributed by atoms with Gasteiger partial charge in [0.1, 0.15) is 5.75 Å². The molecule has 160 valence electrons. The highest BCUT2D eigenvalue weighted by Gasteiger charge is 2.25. The normalized spacial score (nSPS) is 16.2. The minimum atomic E-state index is -0.184. The topological polar surface area (TPSA) is 83.6 Å². The highest BCUT2D eigenvalue weighted by atomic mass is 32.1. The van der Waals surface area contributed by atoms with Gasteiger partial charge in [0.05, 0.1) is 25.3 Å². The van der Waals surface area contributed by atoms with Gasteiger partial charge in [-0.05, 0) is 37.5 Å². The van der Waals surface area contributed by atoms with Crippen LogP contribution in [0.25, 0.3) is 0 Å². The average molecular weight is 429 g/mol. The number of carbonyl (C=O) groups is 2. The van der Waals surface area contributed by atoms with Gasteiger partial charge in [0.25, 0.3) is 0 Å². The molecule has 0 radical (unpaired) electrons. The Labute approximate surface area is 180 Å². The quantitative estimate of drug-likeness (QED) is 0.734. The maximum Gasteiger partial charge on any atom is 0.321 e. The highest BCUT2D eigenvalue weighted by Crippen LogP contribution is 2.29. The van der Waals surface area contributed by atoms with Gasteiger partial charge in [-0.2, -0.15) is 0 Å². The molecule has 0 spiro atoms. The third kappa shape index (κ3) is 5.11. The Kier molecular flexibility index (Phi) is 6.52. The summed E-state index contributed by atoms with van der Waals surface area (Å²) in [6.07, 6.45) is 5.54. The molecule has 4 rings (SSSR count). The van der Waals surface area contributed by atoms with E-state index in [1.54, 1.807) is 0 Å². The minimum Gasteiger partial charge on any atom is -0.494 e. The van der Waals surface area contributed by atoms with E-state index in [1.807, 2.05) is 36.1 Å². The number of urea groups is 1. The number of nitrogens with zero attached hydrogens (tertiary/aromatic N) is 2. The molecule has 1 aliphatic carbocycles. The summed E-state index contributed by atoms with van der Waals surface area (Å²) in [5.74, 6) is 0.921. The number of rotatable bonds is 6. The predicted octanol–water partition coefficient (Wildman–Crippen LogP) is 3.73. The molecule has 2 aliphatic rings. The van der Waals surface area contributed by atoms with E-state index in [0.717, 1.165) is 34.7 Å². The summed E-state index contributed by atoms with van der Waals surface area (Å²) in [4.78, 5) is 32.5. The van der Waals surface area contributed by atoms with Gasteiger partial charge in [0, 0.05) is 23.9 Å². The van der Waals surface area contributed by atoms with Crippen molar-refractivity contribution in [1.29, 1.82) is 0 Å². The van der Waals surface area contributed by atoms with Crippen molar-refractivity contribution in [3.05, 3.63) is 40.4 Å². The number of anilines is 1. The molecular weight excluding hydrogens is 400 g/mol. The van der Waals surface area contributed by atoms with Gasteiger partial charge in [-0.15, -0.1) is 0 Å². The van der Waals surface area contributed by atoms with Gasteiger partial charge in [-0.3, -0.25) is 10.1 Å². The first-order valence-corrected chi connectivity index (χ1v) is 11.5. The molecule has 7 nitrogen and oxygen atoms in total. The number of ether oxygens (including phenoxy) is 1. The fourth-order valence-electron chi connectivity index (χ4n) is 4.01. The monoisotopic (exact) mass is 428 g/mol. The Morgan fingerprint density at radius 2 is 2.00 bits per heavy atom. The molecule has 1 aromatic carbocycles. The first-order valence-electron chi connectivity index (χ1n) is 10.7. The van der Waals surface area contributed by atoms with Crippen LogP contribution in [0.5, 0.6) is 5.75 Å². The molecule has 1 saturated carbocycles. The van der Waals surface area contributed by atoms with Gasteiger partial charge in [-0.1, -0.05) is 36.3 Å². The van der Waals surface area contributed by atoms with Gasteiger partial charge < -0.3 is 15.0 Å². The number of carbonyl (C=O) groups excluding carboxylic acids is 2. The van der Waals surface area contributed by atoms with Crippen LogP contribution in [0.1, 0.15) is 48.7 Å². The Morgan fingerprint density at radius 3 is 2.73 bits per heavy atom. The maximum absolute atomic E-state index is 12.8. The SMILES string of the molecule is CCOc1ccc(CC(=O)N2CCc3nc(NC(=O)NC4CCCC4)sc3C2)cc1. The molecule has 2 heterocycles. The number of nitrogens with one attached hydrogen (secondary N) is 2. The van der Waals surface area contributed by atoms with Crippen LogP contribution in [0.4, 0.5) is 9.93 Å². The highest BCUT2D eigenvalue weighted by molar-refractivity contribution is 7.15. The zero-order valence-electron chi connectivity index (χ0n) is 17.3. The van der Waals surface area contributed by atoms with Crippen molar-refractivity contribution in [1.82, 2.24) is 15.2 Å². The average Bonchev–Trinajstić information content (AvgIpc) is 3.38. The van der Waals surface area contributed by atoms with E-state index >= 15 is 0 Å². The van der Waals surface area contributed by atoms with Gasteiger partial charge >= 0.3 is 6.03 Å². The van der Waals surface area contributed by atoms with Crippen molar-refractivity contribution in [2.24, 2.45) is 0 Å². The molecule has 1 aliphatic heterocycles. The van der Waals surface area contributed by atoms with Crippen LogP contribution in [0.2, 0.25) is 0 Å². The van der Waals surface area contributed by atoms with Crippen LogP contribution in [-0.2, 0) is 24.2 Å². The van der Waals surface area contributed by atoms with Gasteiger partial charge in [0.2, 0.25) is 5.91 Å². The first kappa shape index (κ1) is 20.7. The molecule has 2 N–H and O–H groups in total. The summed E-state index contributed by atoms with van der Waals surface area (Å²) in [7, 11) is 0. The standard InChI is InChI=1S/C22H28N4O3S/c1-2-29-17-9-7-15(8-10-17)13-20(27)26-12-11-18-19(14-26)30-22(24-18)25-21(28)23-16-5-3-4-6-16/h7-10,16H,2-6,11-14H2,1H3,(H2,23,24,25,28). The lowest BCUT2D eigenvalue weighted by Gasteiger charge is -2.26. The molecule has 0 atom stereocenters. The molecule has 2 aromatic rings. The second-order valence-corrected chi connectivity index (χ2v) is 8.87. The molecule has 1 aromatic heterocycles. The van der Waals surface area contributed by atoms with E-state index < -0.39 is 0 Å². The van der Waals surface area contributed by atoms with E-state index in [1.165, 1.54) is 24.2 Å². The van der Waals surface area contributed by atoms with Gasteiger partial charge in [-0.25, -0.2) is 9.78 Å². The van der Waals surface area contributed by atoms with Crippen LogP contribution < -0.4 is 15.4 Å². The third-order valence-corrected chi connectivity index (χ3v) is 6.58. The summed E-state index contributed by atoms with van der Waals surface area (Å²) < 4.78 is 5.45. The van der Waals surface area contributed by atoms with Crippen molar-refractivity contribution in [2.45, 2.75) is 58.0 Å². The lowest BCUT2D eigenvalue weighted by molar-refractivity contribution is -0.131. The Balaban J connectivity index is 1.31. The first-order chi connectivity index (χ1) is 14.6. The molecule has 0 bridgehead atoms. The van der Waals surface area contributed by atoms with Crippen LogP contribution in [0, 0.1) is 0 Å². The fraction of sp³-hybridized carbons (Fsp3) is 0.500. The summed E-state index contributed by atoms with van der Waals surface area (Å²) in [5, 5.41) is 6.49. The second-order valence-electron chi connectivity index (χ2n) is 7.79. The number of fused-ring (bicyclic) bond motifs is 1. The lowest BCUT2D eigenvalue weighted by Crippen LogP contribution is -2.36. The van der Waals surface area contributed by atoms with Crippen LogP contribution in [0.15, 0.2) is 24.3 Å². The number of amides is 3. The van der Waals surface area contributed by atoms with E-state index in [9.17, 15) is 9.59 Å². The number of aromatic nitrogens is 1. The largest absolute Gasteiger partial charge is 0.494 e. The summed E-state index contributed by atoms with van der Waals surface area (Å²) >= 11 is 1.46. The minimum absolute atomic E-state index is 0.103. The Bertz CT molecular complexity index is 890. The summed E-state index contributed by atoms with van der Waals surface area (Å²) in [6.45, 7) is 3.78. The van der Waals surface area contributed by atoms with Crippen molar-refractivity contribution in [2.75, 3.05) is 18.5 Å². The number of benzene rings is 1. The number of thiazole rings is 1. The summed E-state index contributed by atoms with van der Waals surface area (Å²) in [5.41, 5.74) is 1.96.